The van der Waals surface area contributed by atoms with E-state index in [9.17, 15) is 9.59 Å². The number of carbonyl (C=O) groups excluding carboxylic acids is 2. The van der Waals surface area contributed by atoms with E-state index in [4.69, 9.17) is 13.9 Å². The van der Waals surface area contributed by atoms with Crippen molar-refractivity contribution < 1.29 is 23.5 Å². The molecule has 0 aliphatic rings. The maximum absolute atomic E-state index is 11.8. The summed E-state index contributed by atoms with van der Waals surface area (Å²) in [6.45, 7) is 2.84. The molecule has 0 saturated heterocycles. The number of carbonyl (C=O) groups is 2. The molecule has 0 radical (unpaired) electrons. The molecule has 0 aliphatic heterocycles. The van der Waals surface area contributed by atoms with Crippen molar-refractivity contribution in [2.45, 2.75) is 13.3 Å². The minimum atomic E-state index is -0.293. The molecule has 0 fully saturated rings. The lowest BCUT2D eigenvalue weighted by Crippen LogP contribution is -2.38. The van der Waals surface area contributed by atoms with Gasteiger partial charge >= 0.3 is 0 Å². The Morgan fingerprint density at radius 3 is 2.50 bits per heavy atom. The summed E-state index contributed by atoms with van der Waals surface area (Å²) >= 11 is 0. The van der Waals surface area contributed by atoms with Crippen molar-refractivity contribution in [1.29, 1.82) is 0 Å². The van der Waals surface area contributed by atoms with Crippen LogP contribution in [0.1, 0.15) is 23.0 Å². The largest absolute Gasteiger partial charge is 0.493 e. The highest BCUT2D eigenvalue weighted by Gasteiger charge is 2.12. The Morgan fingerprint density at radius 1 is 1.12 bits per heavy atom. The normalized spacial score (nSPS) is 10.3. The summed E-state index contributed by atoms with van der Waals surface area (Å²) in [6, 6.07) is 8.93. The number of amides is 2. The zero-order valence-electron chi connectivity index (χ0n) is 15.3. The van der Waals surface area contributed by atoms with Crippen LogP contribution in [0.3, 0.4) is 0 Å². The number of nitrogens with zero attached hydrogens (tertiary/aromatic N) is 1. The fourth-order valence-electron chi connectivity index (χ4n) is 2.53. The Kier molecular flexibility index (Phi) is 7.08. The van der Waals surface area contributed by atoms with E-state index in [1.807, 2.05) is 18.2 Å². The Morgan fingerprint density at radius 2 is 1.88 bits per heavy atom. The first kappa shape index (κ1) is 19.4. The van der Waals surface area contributed by atoms with Crippen LogP contribution in [0.25, 0.3) is 0 Å². The molecular weight excluding hydrogens is 336 g/mol. The van der Waals surface area contributed by atoms with Gasteiger partial charge in [-0.1, -0.05) is 6.07 Å². The maximum atomic E-state index is 11.8. The molecule has 0 aliphatic carbocycles. The van der Waals surface area contributed by atoms with Crippen molar-refractivity contribution in [3.05, 3.63) is 47.9 Å². The lowest BCUT2D eigenvalue weighted by atomic mass is 10.1. The van der Waals surface area contributed by atoms with Crippen LogP contribution in [0, 0.1) is 0 Å². The molecule has 2 aromatic rings. The second kappa shape index (κ2) is 9.50. The monoisotopic (exact) mass is 360 g/mol. The van der Waals surface area contributed by atoms with Crippen LogP contribution in [-0.4, -0.2) is 50.6 Å². The number of ether oxygens (including phenoxy) is 2. The number of benzene rings is 1. The molecule has 0 bridgehead atoms. The molecule has 26 heavy (non-hydrogen) atoms. The number of rotatable bonds is 9. The van der Waals surface area contributed by atoms with Crippen molar-refractivity contribution in [2.75, 3.05) is 33.9 Å². The van der Waals surface area contributed by atoms with Crippen molar-refractivity contribution in [3.8, 4) is 11.5 Å². The predicted octanol–water partition coefficient (Wildman–Crippen LogP) is 2.12. The van der Waals surface area contributed by atoms with E-state index in [0.717, 1.165) is 5.56 Å². The van der Waals surface area contributed by atoms with E-state index in [0.29, 0.717) is 37.6 Å². The standard InChI is InChI=1S/C19H24N2O5/c1-14(22)21(11-9-20-19(23)17-5-4-12-26-17)10-8-15-6-7-16(24-2)18(13-15)25-3/h4-7,12-13H,8-11H2,1-3H3,(H,20,23). The van der Waals surface area contributed by atoms with Crippen LogP contribution in [0.4, 0.5) is 0 Å². The molecule has 0 spiro atoms. The number of hydrogen-bond donors (Lipinski definition) is 1. The molecule has 0 unspecified atom stereocenters. The number of furan rings is 1. The van der Waals surface area contributed by atoms with Gasteiger partial charge in [0.15, 0.2) is 17.3 Å². The molecule has 2 rings (SSSR count). The molecule has 7 heteroatoms. The summed E-state index contributed by atoms with van der Waals surface area (Å²) in [6.07, 6.45) is 2.12. The third-order valence-electron chi connectivity index (χ3n) is 3.98. The van der Waals surface area contributed by atoms with Crippen molar-refractivity contribution in [2.24, 2.45) is 0 Å². The van der Waals surface area contributed by atoms with Crippen molar-refractivity contribution in [3.63, 3.8) is 0 Å². The van der Waals surface area contributed by atoms with Gasteiger partial charge in [-0.2, -0.15) is 0 Å². The minimum absolute atomic E-state index is 0.0438. The summed E-state index contributed by atoms with van der Waals surface area (Å²) in [4.78, 5) is 25.4. The fraction of sp³-hybridized carbons (Fsp3) is 0.368. The van der Waals surface area contributed by atoms with Gasteiger partial charge < -0.3 is 24.1 Å². The highest BCUT2D eigenvalue weighted by molar-refractivity contribution is 5.91. The first-order valence-electron chi connectivity index (χ1n) is 8.33. The van der Waals surface area contributed by atoms with Crippen molar-refractivity contribution >= 4 is 11.8 Å². The lowest BCUT2D eigenvalue weighted by molar-refractivity contribution is -0.128. The molecule has 1 N–H and O–H groups in total. The average molecular weight is 360 g/mol. The Hall–Kier alpha value is -2.96. The molecular formula is C19H24N2O5. The zero-order valence-corrected chi connectivity index (χ0v) is 15.3. The van der Waals surface area contributed by atoms with Crippen LogP contribution in [0.15, 0.2) is 41.0 Å². The third-order valence-corrected chi connectivity index (χ3v) is 3.98. The second-order valence-corrected chi connectivity index (χ2v) is 5.68. The Bertz CT molecular complexity index is 728. The summed E-state index contributed by atoms with van der Waals surface area (Å²) < 4.78 is 15.6. The van der Waals surface area contributed by atoms with E-state index in [1.165, 1.54) is 13.2 Å². The third kappa shape index (κ3) is 5.27. The number of nitrogens with one attached hydrogen (secondary N) is 1. The van der Waals surface area contributed by atoms with E-state index in [1.54, 1.807) is 31.3 Å². The summed E-state index contributed by atoms with van der Waals surface area (Å²) in [5.74, 6) is 1.24. The van der Waals surface area contributed by atoms with E-state index in [-0.39, 0.29) is 17.6 Å². The molecule has 1 aromatic heterocycles. The van der Waals surface area contributed by atoms with Crippen LogP contribution in [-0.2, 0) is 11.2 Å². The van der Waals surface area contributed by atoms with Crippen LogP contribution < -0.4 is 14.8 Å². The van der Waals surface area contributed by atoms with Crippen LogP contribution in [0.2, 0.25) is 0 Å². The maximum Gasteiger partial charge on any atom is 0.287 e. The minimum Gasteiger partial charge on any atom is -0.493 e. The lowest BCUT2D eigenvalue weighted by Gasteiger charge is -2.21. The van der Waals surface area contributed by atoms with Gasteiger partial charge in [0, 0.05) is 26.6 Å². The highest BCUT2D eigenvalue weighted by atomic mass is 16.5. The van der Waals surface area contributed by atoms with Gasteiger partial charge in [-0.3, -0.25) is 9.59 Å². The van der Waals surface area contributed by atoms with Gasteiger partial charge in [-0.15, -0.1) is 0 Å². The number of methoxy groups -OCH3 is 2. The number of hydrogen-bond acceptors (Lipinski definition) is 5. The van der Waals surface area contributed by atoms with Gasteiger partial charge in [0.05, 0.1) is 20.5 Å². The topological polar surface area (TPSA) is 81.0 Å². The van der Waals surface area contributed by atoms with Crippen molar-refractivity contribution in [1.82, 2.24) is 10.2 Å². The molecule has 1 heterocycles. The van der Waals surface area contributed by atoms with E-state index >= 15 is 0 Å². The Labute approximate surface area is 152 Å². The van der Waals surface area contributed by atoms with E-state index in [2.05, 4.69) is 5.32 Å². The second-order valence-electron chi connectivity index (χ2n) is 5.68. The summed E-state index contributed by atoms with van der Waals surface area (Å²) in [5.41, 5.74) is 1.04. The van der Waals surface area contributed by atoms with Gasteiger partial charge in [0.25, 0.3) is 5.91 Å². The molecule has 140 valence electrons. The quantitative estimate of drug-likeness (QED) is 0.741. The smallest absolute Gasteiger partial charge is 0.287 e. The van der Waals surface area contributed by atoms with Gasteiger partial charge in [-0.05, 0) is 36.2 Å². The average Bonchev–Trinajstić information content (AvgIpc) is 3.18. The van der Waals surface area contributed by atoms with E-state index < -0.39 is 0 Å². The molecule has 7 nitrogen and oxygen atoms in total. The fourth-order valence-corrected chi connectivity index (χ4v) is 2.53. The highest BCUT2D eigenvalue weighted by Crippen LogP contribution is 2.27. The zero-order chi connectivity index (χ0) is 18.9. The SMILES string of the molecule is COc1ccc(CCN(CCNC(=O)c2ccco2)C(C)=O)cc1OC. The molecule has 0 atom stereocenters. The van der Waals surface area contributed by atoms with Gasteiger partial charge in [0.2, 0.25) is 5.91 Å². The summed E-state index contributed by atoms with van der Waals surface area (Å²) in [5, 5.41) is 2.74. The van der Waals surface area contributed by atoms with Crippen LogP contribution >= 0.6 is 0 Å². The van der Waals surface area contributed by atoms with Gasteiger partial charge in [0.1, 0.15) is 0 Å². The van der Waals surface area contributed by atoms with Gasteiger partial charge in [-0.25, -0.2) is 0 Å². The molecule has 0 saturated carbocycles. The van der Waals surface area contributed by atoms with Crippen LogP contribution in [0.5, 0.6) is 11.5 Å². The summed E-state index contributed by atoms with van der Waals surface area (Å²) in [7, 11) is 3.18. The predicted molar refractivity (Wildman–Crippen MR) is 96.5 cm³/mol. The Balaban J connectivity index is 1.86. The molecule has 1 aromatic carbocycles. The first-order chi connectivity index (χ1) is 12.5. The first-order valence-corrected chi connectivity index (χ1v) is 8.33. The molecule has 2 amide bonds.